The topological polar surface area (TPSA) is 55.9 Å². The molecule has 6 heteroatoms. The van der Waals surface area contributed by atoms with Crippen LogP contribution in [0.4, 0.5) is 10.5 Å². The van der Waals surface area contributed by atoms with Gasteiger partial charge in [-0.05, 0) is 33.2 Å². The van der Waals surface area contributed by atoms with Crippen LogP contribution in [0, 0.1) is 6.92 Å². The Morgan fingerprint density at radius 3 is 2.25 bits per heavy atom. The number of nitrogens with zero attached hydrogens (tertiary/aromatic N) is 3. The molecule has 0 bridgehead atoms. The Balaban J connectivity index is 1.79. The third-order valence-corrected chi connectivity index (χ3v) is 3.91. The summed E-state index contributed by atoms with van der Waals surface area (Å²) in [6.45, 7) is 4.97. The SMILES string of the molecule is Cc1ccc(NC(=O)N2CCN(C(=O)C=CCN(C)C)CC2)cc1. The molecule has 0 aliphatic carbocycles. The van der Waals surface area contributed by atoms with E-state index in [1.54, 1.807) is 15.9 Å². The van der Waals surface area contributed by atoms with Crippen molar-refractivity contribution in [3.8, 4) is 0 Å². The Bertz CT molecular complexity index is 588. The van der Waals surface area contributed by atoms with E-state index in [2.05, 4.69) is 5.32 Å². The van der Waals surface area contributed by atoms with Gasteiger partial charge >= 0.3 is 6.03 Å². The van der Waals surface area contributed by atoms with Crippen LogP contribution < -0.4 is 5.32 Å². The highest BCUT2D eigenvalue weighted by atomic mass is 16.2. The Hall–Kier alpha value is -2.34. The predicted octanol–water partition coefficient (Wildman–Crippen LogP) is 1.79. The van der Waals surface area contributed by atoms with E-state index in [4.69, 9.17) is 0 Å². The van der Waals surface area contributed by atoms with Crippen molar-refractivity contribution in [1.82, 2.24) is 14.7 Å². The molecule has 1 fully saturated rings. The summed E-state index contributed by atoms with van der Waals surface area (Å²) in [5, 5.41) is 2.89. The van der Waals surface area contributed by atoms with Crippen LogP contribution in [-0.4, -0.2) is 73.5 Å². The second-order valence-corrected chi connectivity index (χ2v) is 6.27. The van der Waals surface area contributed by atoms with Crippen LogP contribution in [0.3, 0.4) is 0 Å². The quantitative estimate of drug-likeness (QED) is 0.857. The number of aryl methyl sites for hydroxylation is 1. The van der Waals surface area contributed by atoms with E-state index in [0.717, 1.165) is 17.8 Å². The Morgan fingerprint density at radius 1 is 1.08 bits per heavy atom. The lowest BCUT2D eigenvalue weighted by Crippen LogP contribution is -2.51. The number of hydrogen-bond donors (Lipinski definition) is 1. The molecule has 1 aromatic carbocycles. The van der Waals surface area contributed by atoms with Crippen LogP contribution in [0.1, 0.15) is 5.56 Å². The molecule has 1 N–H and O–H groups in total. The molecule has 0 atom stereocenters. The minimum absolute atomic E-state index is 0.00967. The zero-order valence-electron chi connectivity index (χ0n) is 14.7. The largest absolute Gasteiger partial charge is 0.336 e. The molecule has 1 heterocycles. The van der Waals surface area contributed by atoms with Crippen LogP contribution >= 0.6 is 0 Å². The number of anilines is 1. The summed E-state index contributed by atoms with van der Waals surface area (Å²) in [6.07, 6.45) is 3.47. The number of piperazine rings is 1. The molecular weight excluding hydrogens is 304 g/mol. The number of rotatable bonds is 4. The van der Waals surface area contributed by atoms with E-state index in [1.807, 2.05) is 56.3 Å². The van der Waals surface area contributed by atoms with Crippen molar-refractivity contribution in [2.24, 2.45) is 0 Å². The van der Waals surface area contributed by atoms with Gasteiger partial charge in [0.25, 0.3) is 0 Å². The van der Waals surface area contributed by atoms with Gasteiger partial charge in [-0.1, -0.05) is 23.8 Å². The van der Waals surface area contributed by atoms with Crippen molar-refractivity contribution in [3.63, 3.8) is 0 Å². The highest BCUT2D eigenvalue weighted by Gasteiger charge is 2.23. The summed E-state index contributed by atoms with van der Waals surface area (Å²) in [7, 11) is 3.92. The minimum atomic E-state index is -0.117. The first-order valence-electron chi connectivity index (χ1n) is 8.18. The van der Waals surface area contributed by atoms with Gasteiger partial charge in [0.15, 0.2) is 0 Å². The number of likely N-dealkylation sites (N-methyl/N-ethyl adjacent to an activating group) is 1. The number of urea groups is 1. The standard InChI is InChI=1S/C18H26N4O2/c1-15-6-8-16(9-7-15)19-18(24)22-13-11-21(12-14-22)17(23)5-4-10-20(2)3/h4-9H,10-14H2,1-3H3,(H,19,24). The van der Waals surface area contributed by atoms with Crippen molar-refractivity contribution >= 4 is 17.6 Å². The fourth-order valence-electron chi connectivity index (χ4n) is 2.44. The Kier molecular flexibility index (Phi) is 6.37. The lowest BCUT2D eigenvalue weighted by Gasteiger charge is -2.34. The maximum atomic E-state index is 12.3. The summed E-state index contributed by atoms with van der Waals surface area (Å²) >= 11 is 0. The van der Waals surface area contributed by atoms with Gasteiger partial charge in [0.2, 0.25) is 5.91 Å². The van der Waals surface area contributed by atoms with Crippen LogP contribution in [0.2, 0.25) is 0 Å². The van der Waals surface area contributed by atoms with Gasteiger partial charge in [0, 0.05) is 44.5 Å². The van der Waals surface area contributed by atoms with Gasteiger partial charge in [-0.15, -0.1) is 0 Å². The lowest BCUT2D eigenvalue weighted by atomic mass is 10.2. The molecule has 0 spiro atoms. The van der Waals surface area contributed by atoms with Gasteiger partial charge in [0.05, 0.1) is 0 Å². The zero-order chi connectivity index (χ0) is 17.5. The Labute approximate surface area is 143 Å². The van der Waals surface area contributed by atoms with Crippen LogP contribution in [0.15, 0.2) is 36.4 Å². The summed E-state index contributed by atoms with van der Waals surface area (Å²) in [5.74, 6) is 0.00967. The summed E-state index contributed by atoms with van der Waals surface area (Å²) in [4.78, 5) is 29.9. The molecule has 0 unspecified atom stereocenters. The monoisotopic (exact) mass is 330 g/mol. The van der Waals surface area contributed by atoms with Crippen LogP contribution in [0.5, 0.6) is 0 Å². The van der Waals surface area contributed by atoms with Crippen molar-refractivity contribution in [1.29, 1.82) is 0 Å². The normalized spacial score (nSPS) is 15.2. The highest BCUT2D eigenvalue weighted by molar-refractivity contribution is 5.90. The molecule has 1 aliphatic rings. The van der Waals surface area contributed by atoms with Crippen molar-refractivity contribution < 1.29 is 9.59 Å². The first kappa shape index (κ1) is 18.0. The van der Waals surface area contributed by atoms with Gasteiger partial charge in [-0.25, -0.2) is 4.79 Å². The molecule has 2 rings (SSSR count). The van der Waals surface area contributed by atoms with Gasteiger partial charge in [0.1, 0.15) is 0 Å². The second kappa shape index (κ2) is 8.49. The number of carbonyl (C=O) groups excluding carboxylic acids is 2. The van der Waals surface area contributed by atoms with E-state index in [-0.39, 0.29) is 11.9 Å². The van der Waals surface area contributed by atoms with Crippen LogP contribution in [0.25, 0.3) is 0 Å². The molecule has 1 aromatic rings. The van der Waals surface area contributed by atoms with Crippen LogP contribution in [-0.2, 0) is 4.79 Å². The predicted molar refractivity (Wildman–Crippen MR) is 96.0 cm³/mol. The summed E-state index contributed by atoms with van der Waals surface area (Å²) < 4.78 is 0. The van der Waals surface area contributed by atoms with Crippen molar-refractivity contribution in [3.05, 3.63) is 42.0 Å². The zero-order valence-corrected chi connectivity index (χ0v) is 14.7. The second-order valence-electron chi connectivity index (χ2n) is 6.27. The molecule has 130 valence electrons. The fourth-order valence-corrected chi connectivity index (χ4v) is 2.44. The minimum Gasteiger partial charge on any atom is -0.336 e. The summed E-state index contributed by atoms with van der Waals surface area (Å²) in [6, 6.07) is 7.60. The average Bonchev–Trinajstić information content (AvgIpc) is 2.56. The molecule has 24 heavy (non-hydrogen) atoms. The number of nitrogens with one attached hydrogen (secondary N) is 1. The lowest BCUT2D eigenvalue weighted by molar-refractivity contribution is -0.127. The maximum Gasteiger partial charge on any atom is 0.321 e. The van der Waals surface area contributed by atoms with Crippen molar-refractivity contribution in [2.75, 3.05) is 52.1 Å². The molecule has 0 aromatic heterocycles. The first-order valence-corrected chi connectivity index (χ1v) is 8.18. The summed E-state index contributed by atoms with van der Waals surface area (Å²) in [5.41, 5.74) is 1.94. The average molecular weight is 330 g/mol. The van der Waals surface area contributed by atoms with Crippen molar-refractivity contribution in [2.45, 2.75) is 6.92 Å². The number of benzene rings is 1. The fraction of sp³-hybridized carbons (Fsp3) is 0.444. The number of amides is 3. The van der Waals surface area contributed by atoms with Gasteiger partial charge < -0.3 is 20.0 Å². The molecule has 1 saturated heterocycles. The molecule has 6 nitrogen and oxygen atoms in total. The third-order valence-electron chi connectivity index (χ3n) is 3.91. The number of hydrogen-bond acceptors (Lipinski definition) is 3. The van der Waals surface area contributed by atoms with E-state index < -0.39 is 0 Å². The smallest absolute Gasteiger partial charge is 0.321 e. The molecule has 1 aliphatic heterocycles. The molecule has 3 amide bonds. The van der Waals surface area contributed by atoms with Gasteiger partial charge in [-0.3, -0.25) is 4.79 Å². The van der Waals surface area contributed by atoms with E-state index in [0.29, 0.717) is 26.2 Å². The highest BCUT2D eigenvalue weighted by Crippen LogP contribution is 2.11. The number of carbonyl (C=O) groups is 2. The first-order chi connectivity index (χ1) is 11.5. The Morgan fingerprint density at radius 2 is 1.67 bits per heavy atom. The van der Waals surface area contributed by atoms with E-state index >= 15 is 0 Å². The molecule has 0 saturated carbocycles. The molecule has 0 radical (unpaired) electrons. The van der Waals surface area contributed by atoms with E-state index in [1.165, 1.54) is 0 Å². The van der Waals surface area contributed by atoms with Gasteiger partial charge in [-0.2, -0.15) is 0 Å². The maximum absolute atomic E-state index is 12.3. The van der Waals surface area contributed by atoms with E-state index in [9.17, 15) is 9.59 Å². The molecular formula is C18H26N4O2. The third kappa shape index (κ3) is 5.38.